The maximum Gasteiger partial charge on any atom is 0.309 e. The summed E-state index contributed by atoms with van der Waals surface area (Å²) in [5.74, 6) is 29.4. The third-order valence-corrected chi connectivity index (χ3v) is 31.8. The average Bonchev–Trinajstić information content (AvgIpc) is 1.20. The van der Waals surface area contributed by atoms with Gasteiger partial charge in [-0.25, -0.2) is 11.7 Å². The summed E-state index contributed by atoms with van der Waals surface area (Å²) in [5, 5.41) is 16.6. The van der Waals surface area contributed by atoms with Crippen molar-refractivity contribution in [2.75, 3.05) is 19.0 Å². The maximum atomic E-state index is 12.0. The minimum Gasteiger partial charge on any atom is -0.484 e. The molecule has 11 N–H and O–H groups in total. The van der Waals surface area contributed by atoms with Crippen LogP contribution in [0.5, 0.6) is 0 Å². The Morgan fingerprint density at radius 3 is 1.16 bits per heavy atom. The van der Waals surface area contributed by atoms with Gasteiger partial charge in [0.1, 0.15) is 11.6 Å². The number of aromatic nitrogens is 3. The number of nitrogens with zero attached hydrogens (tertiary/aromatic N) is 4. The van der Waals surface area contributed by atoms with Crippen LogP contribution in [0.25, 0.3) is 0 Å². The summed E-state index contributed by atoms with van der Waals surface area (Å²) in [5.41, 5.74) is 4.27. The van der Waals surface area contributed by atoms with E-state index in [1.807, 2.05) is 0 Å². The Morgan fingerprint density at radius 1 is 0.490 bits per heavy atom. The monoisotopic (exact) mass is 1810 g/mol. The normalized spacial score (nSPS) is 42.9. The number of carbonyl (C=O) groups excluding carboxylic acids is 5. The molecule has 20 aliphatic carbocycles. The standard InChI is InChI=1S/C17H24BrN3.C11H14BrClO.2C11H17BrN2O.C11H15BrO2.C7H13NO.C2Cl2O2.CH2Cl2.CH4.H4N2/c18-17-9-12-6-13(10-17)8-16(7-12,11-17)15-20-19-14-4-2-1-3-5-21(14)15;12-11-4-7-1-8(5-11)3-10(2-7,6-11)9(13)14;2*12-11-4-7-1-8(5-11)3-10(2-7,6-11)9(15)14-13;12-11-4-7-1-8(5-11)3-10(2-7,6-11)9(13)14;1-9-7-5-3-2-4-6-8-7;3-1(5)2(4)6;2-1-3;;1-2/h12-13H,1-11H2;7-8H,1-6H2;2*7-8H,1-6,13H2,(H,14,15);7-8H,1-6H2,(H,13,14);2-6H2,1H3;;1H2;1H4;1-2H2. The number of methoxy groups -OCH3 is 1. The van der Waals surface area contributed by atoms with E-state index >= 15 is 0 Å². The van der Waals surface area contributed by atoms with Crippen LogP contribution in [0.2, 0.25) is 0 Å². The number of rotatable bonds is 6. The van der Waals surface area contributed by atoms with Crippen molar-refractivity contribution in [1.82, 2.24) is 25.6 Å². The molecular formula is C72H110Br5Cl5N10O8. The number of hydrogen-bond acceptors (Lipinski definition) is 14. The smallest absolute Gasteiger partial charge is 0.309 e. The third kappa shape index (κ3) is 18.9. The van der Waals surface area contributed by atoms with Crippen LogP contribution >= 0.6 is 138 Å². The zero-order chi connectivity index (χ0) is 71.8. The van der Waals surface area contributed by atoms with Crippen molar-refractivity contribution in [1.29, 1.82) is 0 Å². The van der Waals surface area contributed by atoms with Gasteiger partial charge in [-0.2, -0.15) is 0 Å². The fourth-order valence-corrected chi connectivity index (χ4v) is 32.7. The fraction of sp³-hybridized carbons (Fsp3) is 0.875. The lowest BCUT2D eigenvalue weighted by molar-refractivity contribution is -0.162. The van der Waals surface area contributed by atoms with Gasteiger partial charge in [-0.05, 0) is 312 Å². The number of carbonyl (C=O) groups is 6. The van der Waals surface area contributed by atoms with Crippen LogP contribution in [0.1, 0.15) is 257 Å². The number of nitrogens with one attached hydrogen (secondary N) is 2. The van der Waals surface area contributed by atoms with Gasteiger partial charge in [-0.3, -0.25) is 56.3 Å². The van der Waals surface area contributed by atoms with Crippen molar-refractivity contribution in [3.63, 3.8) is 0 Å². The van der Waals surface area contributed by atoms with Gasteiger partial charge in [0.25, 0.3) is 0 Å². The maximum absolute atomic E-state index is 12.0. The minimum atomic E-state index is -1.14. The van der Waals surface area contributed by atoms with Gasteiger partial charge in [0.15, 0.2) is 5.90 Å². The molecule has 22 aliphatic rings. The summed E-state index contributed by atoms with van der Waals surface area (Å²) < 4.78 is 8.86. The largest absolute Gasteiger partial charge is 0.484 e. The highest BCUT2D eigenvalue weighted by Gasteiger charge is 2.64. The molecule has 566 valence electrons. The minimum absolute atomic E-state index is 0. The highest BCUT2D eigenvalue weighted by molar-refractivity contribution is 9.10. The predicted molar refractivity (Wildman–Crippen MR) is 415 cm³/mol. The number of carboxylic acid groups (broad SMARTS) is 1. The van der Waals surface area contributed by atoms with Crippen molar-refractivity contribution < 1.29 is 38.6 Å². The van der Waals surface area contributed by atoms with Crippen LogP contribution in [0, 0.1) is 80.8 Å². The molecule has 1 aromatic heterocycles. The Hall–Kier alpha value is -0.280. The molecule has 18 nitrogen and oxygen atoms in total. The van der Waals surface area contributed by atoms with Gasteiger partial charge < -0.3 is 14.4 Å². The van der Waals surface area contributed by atoms with Crippen molar-refractivity contribution in [3.05, 3.63) is 11.6 Å². The van der Waals surface area contributed by atoms with E-state index in [2.05, 4.69) is 140 Å². The molecule has 0 saturated heterocycles. The van der Waals surface area contributed by atoms with Gasteiger partial charge in [0.2, 0.25) is 17.1 Å². The Bertz CT molecular complexity index is 2930. The molecule has 0 aromatic carbocycles. The quantitative estimate of drug-likeness (QED) is 0.0348. The topological polar surface area (TPSA) is 303 Å². The Kier molecular flexibility index (Phi) is 28.4. The molecule has 0 radical (unpaired) electrons. The van der Waals surface area contributed by atoms with Crippen molar-refractivity contribution in [2.45, 2.75) is 285 Å². The number of aliphatic carboxylic acids is 1. The van der Waals surface area contributed by atoms with E-state index in [9.17, 15) is 33.9 Å². The van der Waals surface area contributed by atoms with Crippen molar-refractivity contribution >= 4 is 177 Å². The summed E-state index contributed by atoms with van der Waals surface area (Å²) in [4.78, 5) is 70.0. The summed E-state index contributed by atoms with van der Waals surface area (Å²) in [7, 11) is 1.70. The summed E-state index contributed by atoms with van der Waals surface area (Å²) in [6, 6.07) is 0. The molecule has 20 fully saturated rings. The number of hydrazine groups is 3. The zero-order valence-corrected chi connectivity index (χ0v) is 69.2. The summed E-state index contributed by atoms with van der Waals surface area (Å²) in [6.45, 7) is 2.12. The van der Waals surface area contributed by atoms with Gasteiger partial charge in [0.05, 0.1) is 28.7 Å². The van der Waals surface area contributed by atoms with E-state index in [0.29, 0.717) is 21.6 Å². The molecule has 20 saturated carbocycles. The average molecular weight is 1820 g/mol. The molecule has 100 heavy (non-hydrogen) atoms. The Balaban J connectivity index is 0.000000137. The van der Waals surface area contributed by atoms with Crippen LogP contribution in [0.15, 0.2) is 4.99 Å². The molecule has 28 heteroatoms. The predicted octanol–water partition coefficient (Wildman–Crippen LogP) is 16.7. The molecule has 20 bridgehead atoms. The molecule has 3 heterocycles. The van der Waals surface area contributed by atoms with Crippen LogP contribution in [-0.4, -0.2) is 99.9 Å². The third-order valence-electron chi connectivity index (χ3n) is 26.4. The van der Waals surface area contributed by atoms with Gasteiger partial charge in [-0.1, -0.05) is 99.9 Å². The van der Waals surface area contributed by atoms with Gasteiger partial charge in [0, 0.05) is 58.4 Å². The van der Waals surface area contributed by atoms with E-state index in [1.54, 1.807) is 7.11 Å². The van der Waals surface area contributed by atoms with Crippen LogP contribution in [0.4, 0.5) is 0 Å². The van der Waals surface area contributed by atoms with Crippen LogP contribution < -0.4 is 34.2 Å². The number of amides is 2. The number of fused-ring (bicyclic) bond motifs is 1. The van der Waals surface area contributed by atoms with E-state index in [4.69, 9.17) is 56.3 Å². The van der Waals surface area contributed by atoms with E-state index < -0.39 is 16.5 Å². The second kappa shape index (κ2) is 33.9. The number of hydrogen-bond donors (Lipinski definition) is 7. The molecule has 10 unspecified atom stereocenters. The number of halogens is 10. The fourth-order valence-electron chi connectivity index (χ4n) is 25.2. The van der Waals surface area contributed by atoms with E-state index in [-0.39, 0.29) is 68.8 Å². The number of nitrogens with two attached hydrogens (primary N) is 4. The van der Waals surface area contributed by atoms with Crippen molar-refractivity contribution in [2.24, 2.45) is 109 Å². The number of aliphatic imine (C=N–C) groups is 1. The molecule has 2 aliphatic heterocycles. The first-order chi connectivity index (χ1) is 46.8. The first-order valence-corrected chi connectivity index (χ1v) is 42.7. The summed E-state index contributed by atoms with van der Waals surface area (Å²) >= 11 is 43.8. The van der Waals surface area contributed by atoms with Crippen molar-refractivity contribution in [3.8, 4) is 0 Å². The zero-order valence-electron chi connectivity index (χ0n) is 57.4. The Labute approximate surface area is 660 Å². The molecule has 2 amide bonds. The highest BCUT2D eigenvalue weighted by Crippen LogP contribution is 2.69. The molecule has 10 atom stereocenters. The lowest BCUT2D eigenvalue weighted by Gasteiger charge is -2.59. The van der Waals surface area contributed by atoms with Gasteiger partial charge in [-0.15, -0.1) is 33.4 Å². The van der Waals surface area contributed by atoms with Gasteiger partial charge >= 0.3 is 16.5 Å². The van der Waals surface area contributed by atoms with E-state index in [1.165, 1.54) is 166 Å². The second-order valence-corrected chi connectivity index (χ2v) is 44.6. The van der Waals surface area contributed by atoms with E-state index in [0.717, 1.165) is 156 Å². The second-order valence-electron chi connectivity index (χ2n) is 34.3. The summed E-state index contributed by atoms with van der Waals surface area (Å²) in [6.07, 6.45) is 45.4. The number of aryl methyl sites for hydroxylation is 1. The highest BCUT2D eigenvalue weighted by atomic mass is 79.9. The molecular weight excluding hydrogens is 1710 g/mol. The van der Waals surface area contributed by atoms with Crippen LogP contribution in [0.3, 0.4) is 0 Å². The SMILES string of the molecule is BrC12CC3CC(C1)CC(c1nnc4n1CCCCC4)(C3)C2.C.COC1=NCCCCC1.ClCCl.NN.NNC(=O)C12CC3CC(CC(Br)(C3)C1)C2.NNC(=O)C12CC3CC(CC(Br)(C3)C1)C2.O=C(Cl)C(=O)Cl.O=C(Cl)C12CC3CC(CC(Br)(C3)C1)C2.O=C(O)C12CC3CC(CC(Br)(C3)C1)C2. The lowest BCUT2D eigenvalue weighted by Crippen LogP contribution is -2.59. The molecule has 0 spiro atoms. The van der Waals surface area contributed by atoms with Crippen LogP contribution in [-0.2, 0) is 51.9 Å². The molecule has 1 aromatic rings. The Morgan fingerprint density at radius 2 is 0.820 bits per heavy atom. The first-order valence-electron chi connectivity index (χ1n) is 36.5. The number of carboxylic acids is 1. The lowest BCUT2D eigenvalue weighted by atomic mass is 9.49. The first kappa shape index (κ1) is 83.8. The molecule has 23 rings (SSSR count). The number of alkyl halides is 7. The number of ether oxygens (including phenoxy) is 1.